The second kappa shape index (κ2) is 5.28. The van der Waals surface area contributed by atoms with Gasteiger partial charge in [-0.2, -0.15) is 0 Å². The number of carbonyl (C=O) groups is 2. The van der Waals surface area contributed by atoms with Gasteiger partial charge in [-0.05, 0) is 20.3 Å². The van der Waals surface area contributed by atoms with Gasteiger partial charge in [-0.25, -0.2) is 0 Å². The Hall–Kier alpha value is -0.875. The SMILES string of the molecule is CCOC(=O)C1CN(B(C)O)CCC1=O. The van der Waals surface area contributed by atoms with Crippen molar-refractivity contribution in [1.29, 1.82) is 0 Å². The van der Waals surface area contributed by atoms with E-state index in [1.165, 1.54) is 0 Å². The third-order valence-corrected chi connectivity index (χ3v) is 2.55. The highest BCUT2D eigenvalue weighted by molar-refractivity contribution is 6.45. The average Bonchev–Trinajstić information content (AvgIpc) is 2.18. The predicted molar refractivity (Wildman–Crippen MR) is 55.2 cm³/mol. The predicted octanol–water partition coefficient (Wildman–Crippen LogP) is -0.449. The molecule has 0 aliphatic carbocycles. The zero-order valence-electron chi connectivity index (χ0n) is 9.10. The number of esters is 1. The molecule has 0 aromatic heterocycles. The number of piperidine rings is 1. The smallest absolute Gasteiger partial charge is 0.376 e. The van der Waals surface area contributed by atoms with Crippen LogP contribution in [0.2, 0.25) is 6.82 Å². The first-order chi connectivity index (χ1) is 7.06. The summed E-state index contributed by atoms with van der Waals surface area (Å²) in [7, 11) is -0.630. The lowest BCUT2D eigenvalue weighted by Crippen LogP contribution is -2.50. The monoisotopic (exact) mass is 213 g/mol. The molecule has 0 aromatic carbocycles. The maximum Gasteiger partial charge on any atom is 0.376 e. The van der Waals surface area contributed by atoms with Crippen LogP contribution in [0.15, 0.2) is 0 Å². The van der Waals surface area contributed by atoms with E-state index < -0.39 is 18.9 Å². The molecule has 1 N–H and O–H groups in total. The van der Waals surface area contributed by atoms with Crippen molar-refractivity contribution >= 4 is 18.8 Å². The molecule has 1 aliphatic heterocycles. The fourth-order valence-corrected chi connectivity index (χ4v) is 1.64. The number of hydrogen-bond donors (Lipinski definition) is 1. The largest absolute Gasteiger partial charge is 0.465 e. The maximum absolute atomic E-state index is 11.5. The van der Waals surface area contributed by atoms with E-state index in [0.717, 1.165) is 0 Å². The lowest BCUT2D eigenvalue weighted by molar-refractivity contribution is -0.153. The van der Waals surface area contributed by atoms with E-state index in [1.807, 2.05) is 0 Å². The summed E-state index contributed by atoms with van der Waals surface area (Å²) in [6.45, 7) is 4.37. The lowest BCUT2D eigenvalue weighted by Gasteiger charge is -2.31. The van der Waals surface area contributed by atoms with Gasteiger partial charge in [0.05, 0.1) is 6.61 Å². The normalized spacial score (nSPS) is 22.6. The summed E-state index contributed by atoms with van der Waals surface area (Å²) >= 11 is 0. The molecule has 0 radical (unpaired) electrons. The van der Waals surface area contributed by atoms with Crippen molar-refractivity contribution in [2.24, 2.45) is 5.92 Å². The van der Waals surface area contributed by atoms with Gasteiger partial charge in [0.1, 0.15) is 11.7 Å². The molecule has 0 bridgehead atoms. The van der Waals surface area contributed by atoms with E-state index in [0.29, 0.717) is 13.0 Å². The summed E-state index contributed by atoms with van der Waals surface area (Å²) in [6.07, 6.45) is 0.300. The van der Waals surface area contributed by atoms with E-state index >= 15 is 0 Å². The Morgan fingerprint density at radius 3 is 2.93 bits per heavy atom. The minimum Gasteiger partial charge on any atom is -0.465 e. The molecule has 1 unspecified atom stereocenters. The van der Waals surface area contributed by atoms with Crippen molar-refractivity contribution in [2.45, 2.75) is 20.2 Å². The Morgan fingerprint density at radius 2 is 2.40 bits per heavy atom. The highest BCUT2D eigenvalue weighted by Gasteiger charge is 2.35. The van der Waals surface area contributed by atoms with Gasteiger partial charge in [0.15, 0.2) is 0 Å². The fourth-order valence-electron chi connectivity index (χ4n) is 1.64. The molecule has 1 atom stereocenters. The van der Waals surface area contributed by atoms with Crippen LogP contribution in [-0.2, 0) is 14.3 Å². The van der Waals surface area contributed by atoms with Gasteiger partial charge in [-0.1, -0.05) is 0 Å². The molecule has 0 amide bonds. The molecule has 15 heavy (non-hydrogen) atoms. The topological polar surface area (TPSA) is 66.8 Å². The van der Waals surface area contributed by atoms with E-state index in [9.17, 15) is 14.6 Å². The minimum atomic E-state index is -0.728. The molecule has 1 aliphatic rings. The number of nitrogens with zero attached hydrogens (tertiary/aromatic N) is 1. The zero-order valence-corrected chi connectivity index (χ0v) is 9.10. The highest BCUT2D eigenvalue weighted by Crippen LogP contribution is 2.15. The van der Waals surface area contributed by atoms with E-state index in [-0.39, 0.29) is 18.9 Å². The molecule has 6 heteroatoms. The minimum absolute atomic E-state index is 0.0923. The van der Waals surface area contributed by atoms with Gasteiger partial charge in [0, 0.05) is 13.0 Å². The summed E-state index contributed by atoms with van der Waals surface area (Å²) in [6, 6.07) is 0. The van der Waals surface area contributed by atoms with Gasteiger partial charge in [-0.3, -0.25) is 9.59 Å². The number of carbonyl (C=O) groups excluding carboxylic acids is 2. The van der Waals surface area contributed by atoms with Crippen molar-refractivity contribution in [3.05, 3.63) is 0 Å². The molecule has 1 heterocycles. The van der Waals surface area contributed by atoms with Crippen molar-refractivity contribution in [3.63, 3.8) is 0 Å². The fraction of sp³-hybridized carbons (Fsp3) is 0.778. The van der Waals surface area contributed by atoms with Gasteiger partial charge < -0.3 is 14.6 Å². The Balaban J connectivity index is 2.61. The van der Waals surface area contributed by atoms with Gasteiger partial charge >= 0.3 is 13.0 Å². The maximum atomic E-state index is 11.5. The molecule has 1 rings (SSSR count). The number of ketones is 1. The van der Waals surface area contributed by atoms with Crippen molar-refractivity contribution in [2.75, 3.05) is 19.7 Å². The Labute approximate surface area is 89.5 Å². The summed E-state index contributed by atoms with van der Waals surface area (Å²) in [5.41, 5.74) is 0. The Morgan fingerprint density at radius 1 is 1.73 bits per heavy atom. The van der Waals surface area contributed by atoms with E-state index in [4.69, 9.17) is 4.74 Å². The highest BCUT2D eigenvalue weighted by atomic mass is 16.5. The lowest BCUT2D eigenvalue weighted by atomic mass is 9.80. The van der Waals surface area contributed by atoms with Crippen LogP contribution in [0.1, 0.15) is 13.3 Å². The zero-order chi connectivity index (χ0) is 11.4. The van der Waals surface area contributed by atoms with Crippen LogP contribution in [0, 0.1) is 5.92 Å². The summed E-state index contributed by atoms with van der Waals surface area (Å²) in [5, 5.41) is 9.36. The van der Waals surface area contributed by atoms with Crippen LogP contribution in [0.3, 0.4) is 0 Å². The van der Waals surface area contributed by atoms with Crippen molar-refractivity contribution < 1.29 is 19.3 Å². The van der Waals surface area contributed by atoms with E-state index in [2.05, 4.69) is 0 Å². The molecular formula is C9H16BNO4. The van der Waals surface area contributed by atoms with E-state index in [1.54, 1.807) is 18.6 Å². The van der Waals surface area contributed by atoms with Crippen LogP contribution >= 0.6 is 0 Å². The van der Waals surface area contributed by atoms with Gasteiger partial charge in [0.2, 0.25) is 0 Å². The molecule has 1 saturated heterocycles. The van der Waals surface area contributed by atoms with Gasteiger partial charge in [-0.15, -0.1) is 0 Å². The van der Waals surface area contributed by atoms with Crippen molar-refractivity contribution in [1.82, 2.24) is 4.81 Å². The van der Waals surface area contributed by atoms with Crippen LogP contribution < -0.4 is 0 Å². The first-order valence-electron chi connectivity index (χ1n) is 5.17. The van der Waals surface area contributed by atoms with Crippen LogP contribution in [-0.4, -0.2) is 48.3 Å². The van der Waals surface area contributed by atoms with Crippen molar-refractivity contribution in [3.8, 4) is 0 Å². The summed E-state index contributed by atoms with van der Waals surface area (Å²) in [4.78, 5) is 24.6. The first kappa shape index (κ1) is 12.2. The number of Topliss-reactive ketones (excluding diaryl/α,β-unsaturated/α-hetero) is 1. The Kier molecular flexibility index (Phi) is 4.29. The molecule has 5 nitrogen and oxygen atoms in total. The molecule has 0 spiro atoms. The second-order valence-corrected chi connectivity index (χ2v) is 3.65. The van der Waals surface area contributed by atoms with Crippen LogP contribution in [0.5, 0.6) is 0 Å². The third-order valence-electron chi connectivity index (χ3n) is 2.55. The molecular weight excluding hydrogens is 197 g/mol. The Bertz CT molecular complexity index is 256. The van der Waals surface area contributed by atoms with Crippen LogP contribution in [0.25, 0.3) is 0 Å². The standard InChI is InChI=1S/C9H16BNO4/c1-3-15-9(13)7-6-11(10(2)14)5-4-8(7)12/h7,14H,3-6H2,1-2H3. The molecule has 0 aromatic rings. The summed E-state index contributed by atoms with van der Waals surface area (Å²) in [5.74, 6) is -1.30. The average molecular weight is 213 g/mol. The second-order valence-electron chi connectivity index (χ2n) is 3.65. The molecule has 84 valence electrons. The summed E-state index contributed by atoms with van der Waals surface area (Å²) < 4.78 is 4.81. The third kappa shape index (κ3) is 3.04. The quantitative estimate of drug-likeness (QED) is 0.390. The number of rotatable bonds is 3. The number of hydrogen-bond acceptors (Lipinski definition) is 5. The first-order valence-corrected chi connectivity index (χ1v) is 5.17. The molecule has 1 fully saturated rings. The van der Waals surface area contributed by atoms with Gasteiger partial charge in [0.25, 0.3) is 0 Å². The number of ether oxygens (including phenoxy) is 1. The molecule has 0 saturated carbocycles. The van der Waals surface area contributed by atoms with Crippen LogP contribution in [0.4, 0.5) is 0 Å².